The number of amides is 1. The van der Waals surface area contributed by atoms with Gasteiger partial charge in [0.05, 0.1) is 7.11 Å². The van der Waals surface area contributed by atoms with Crippen LogP contribution in [0.15, 0.2) is 59.5 Å². The first kappa shape index (κ1) is 18.5. The van der Waals surface area contributed by atoms with Crippen molar-refractivity contribution in [1.29, 1.82) is 0 Å². The quantitative estimate of drug-likeness (QED) is 0.613. The number of carbonyl (C=O) groups is 2. The van der Waals surface area contributed by atoms with Crippen molar-refractivity contribution in [2.24, 2.45) is 0 Å². The molecule has 0 saturated heterocycles. The molecule has 1 aliphatic rings. The molecule has 4 nitrogen and oxygen atoms in total. The number of benzene rings is 2. The van der Waals surface area contributed by atoms with Gasteiger partial charge >= 0.3 is 5.97 Å². The van der Waals surface area contributed by atoms with Crippen molar-refractivity contribution in [2.75, 3.05) is 7.11 Å². The van der Waals surface area contributed by atoms with Gasteiger partial charge in [-0.1, -0.05) is 43.2 Å². The average Bonchev–Trinajstić information content (AvgIpc) is 3.16. The lowest BCUT2D eigenvalue weighted by Gasteiger charge is -2.27. The van der Waals surface area contributed by atoms with Crippen molar-refractivity contribution < 1.29 is 14.3 Å². The van der Waals surface area contributed by atoms with Gasteiger partial charge in [-0.05, 0) is 42.7 Å². The molecule has 0 bridgehead atoms. The molecule has 0 aliphatic heterocycles. The summed E-state index contributed by atoms with van der Waals surface area (Å²) < 4.78 is 4.91. The maximum atomic E-state index is 12.6. The lowest BCUT2D eigenvalue weighted by Crippen LogP contribution is -2.53. The largest absolute Gasteiger partial charge is 0.467 e. The Labute approximate surface area is 158 Å². The molecule has 1 saturated carbocycles. The Bertz CT molecular complexity index is 753. The molecule has 1 amide bonds. The number of esters is 1. The molecule has 2 aromatic carbocycles. The topological polar surface area (TPSA) is 55.4 Å². The lowest BCUT2D eigenvalue weighted by atomic mass is 9.97. The zero-order valence-electron chi connectivity index (χ0n) is 14.9. The summed E-state index contributed by atoms with van der Waals surface area (Å²) in [5.74, 6) is 0.275. The number of rotatable bonds is 6. The van der Waals surface area contributed by atoms with Gasteiger partial charge in [0.1, 0.15) is 5.54 Å². The summed E-state index contributed by atoms with van der Waals surface area (Å²) in [6, 6.07) is 17.8. The normalized spacial score (nSPS) is 15.4. The third kappa shape index (κ3) is 4.28. The van der Waals surface area contributed by atoms with Crippen molar-refractivity contribution in [3.8, 4) is 0 Å². The van der Waals surface area contributed by atoms with Crippen LogP contribution in [0.2, 0.25) is 0 Å². The highest BCUT2D eigenvalue weighted by molar-refractivity contribution is 7.98. The molecule has 1 fully saturated rings. The van der Waals surface area contributed by atoms with E-state index in [0.717, 1.165) is 24.2 Å². The van der Waals surface area contributed by atoms with Crippen molar-refractivity contribution in [3.63, 3.8) is 0 Å². The minimum Gasteiger partial charge on any atom is -0.467 e. The summed E-state index contributed by atoms with van der Waals surface area (Å²) in [5.41, 5.74) is 0.848. The molecule has 0 unspecified atom stereocenters. The van der Waals surface area contributed by atoms with Crippen LogP contribution < -0.4 is 5.32 Å². The third-order valence-electron chi connectivity index (χ3n) is 4.75. The van der Waals surface area contributed by atoms with E-state index in [-0.39, 0.29) is 11.9 Å². The van der Waals surface area contributed by atoms with Crippen LogP contribution in [0.25, 0.3) is 0 Å². The fourth-order valence-electron chi connectivity index (χ4n) is 3.28. The van der Waals surface area contributed by atoms with E-state index in [9.17, 15) is 9.59 Å². The van der Waals surface area contributed by atoms with Gasteiger partial charge in [-0.15, -0.1) is 11.8 Å². The minimum atomic E-state index is -0.867. The molecule has 3 rings (SSSR count). The van der Waals surface area contributed by atoms with Gasteiger partial charge in [-0.2, -0.15) is 0 Å². The summed E-state index contributed by atoms with van der Waals surface area (Å²) in [4.78, 5) is 25.9. The van der Waals surface area contributed by atoms with E-state index in [1.807, 2.05) is 42.5 Å². The van der Waals surface area contributed by atoms with Crippen LogP contribution >= 0.6 is 11.8 Å². The molecule has 136 valence electrons. The second kappa shape index (κ2) is 8.41. The number of hydrogen-bond acceptors (Lipinski definition) is 4. The molecule has 5 heteroatoms. The van der Waals surface area contributed by atoms with Crippen molar-refractivity contribution in [3.05, 3.63) is 65.7 Å². The number of nitrogens with one attached hydrogen (secondary N) is 1. The lowest BCUT2D eigenvalue weighted by molar-refractivity contribution is -0.148. The molecule has 0 atom stereocenters. The molecular formula is C21H23NO3S. The first-order valence-electron chi connectivity index (χ1n) is 8.81. The Kier molecular flexibility index (Phi) is 5.99. The average molecular weight is 369 g/mol. The number of methoxy groups -OCH3 is 1. The highest BCUT2D eigenvalue weighted by atomic mass is 32.2. The summed E-state index contributed by atoms with van der Waals surface area (Å²) in [5, 5.41) is 2.92. The molecule has 0 spiro atoms. The molecule has 2 aromatic rings. The van der Waals surface area contributed by atoms with E-state index in [2.05, 4.69) is 17.4 Å². The molecule has 0 radical (unpaired) electrons. The summed E-state index contributed by atoms with van der Waals surface area (Å²) >= 11 is 1.76. The molecule has 26 heavy (non-hydrogen) atoms. The van der Waals surface area contributed by atoms with E-state index in [4.69, 9.17) is 4.74 Å². The minimum absolute atomic E-state index is 0.223. The second-order valence-electron chi connectivity index (χ2n) is 6.53. The first-order chi connectivity index (χ1) is 12.6. The highest BCUT2D eigenvalue weighted by Gasteiger charge is 2.43. The molecule has 1 aliphatic carbocycles. The number of ether oxygens (including phenoxy) is 1. The Morgan fingerprint density at radius 3 is 2.31 bits per heavy atom. The fourth-order valence-corrected chi connectivity index (χ4v) is 4.15. The van der Waals surface area contributed by atoms with Crippen LogP contribution in [0.5, 0.6) is 0 Å². The van der Waals surface area contributed by atoms with Crippen LogP contribution in [0.4, 0.5) is 0 Å². The highest BCUT2D eigenvalue weighted by Crippen LogP contribution is 2.31. The van der Waals surface area contributed by atoms with Gasteiger partial charge in [0.2, 0.25) is 0 Å². The number of carbonyl (C=O) groups excluding carboxylic acids is 2. The van der Waals surface area contributed by atoms with Gasteiger partial charge in [0.15, 0.2) is 0 Å². The summed E-state index contributed by atoms with van der Waals surface area (Å²) in [6.45, 7) is 0. The molecule has 0 heterocycles. The van der Waals surface area contributed by atoms with Gasteiger partial charge in [0, 0.05) is 16.2 Å². The van der Waals surface area contributed by atoms with E-state index >= 15 is 0 Å². The van der Waals surface area contributed by atoms with Crippen molar-refractivity contribution in [2.45, 2.75) is 41.9 Å². The van der Waals surface area contributed by atoms with Gasteiger partial charge in [0.25, 0.3) is 5.91 Å². The Hall–Kier alpha value is -2.27. The monoisotopic (exact) mass is 369 g/mol. The zero-order chi connectivity index (χ0) is 18.4. The van der Waals surface area contributed by atoms with Gasteiger partial charge in [-0.3, -0.25) is 4.79 Å². The fraction of sp³-hybridized carbons (Fsp3) is 0.333. The van der Waals surface area contributed by atoms with Gasteiger partial charge in [-0.25, -0.2) is 4.79 Å². The summed E-state index contributed by atoms with van der Waals surface area (Å²) in [7, 11) is 1.37. The smallest absolute Gasteiger partial charge is 0.331 e. The van der Waals surface area contributed by atoms with E-state index in [1.54, 1.807) is 11.8 Å². The number of hydrogen-bond donors (Lipinski definition) is 1. The van der Waals surface area contributed by atoms with Gasteiger partial charge < -0.3 is 10.1 Å². The summed E-state index contributed by atoms with van der Waals surface area (Å²) in [6.07, 6.45) is 3.12. The van der Waals surface area contributed by atoms with E-state index < -0.39 is 5.54 Å². The van der Waals surface area contributed by atoms with Crippen LogP contribution in [0.1, 0.15) is 41.6 Å². The second-order valence-corrected chi connectivity index (χ2v) is 7.58. The third-order valence-corrected chi connectivity index (χ3v) is 5.83. The maximum Gasteiger partial charge on any atom is 0.331 e. The van der Waals surface area contributed by atoms with E-state index in [0.29, 0.717) is 18.4 Å². The predicted molar refractivity (Wildman–Crippen MR) is 103 cm³/mol. The SMILES string of the molecule is COC(=O)C1(NC(=O)c2ccc(CSc3ccccc3)cc2)CCCC1. The van der Waals surface area contributed by atoms with E-state index in [1.165, 1.54) is 12.0 Å². The molecule has 0 aromatic heterocycles. The Morgan fingerprint density at radius 2 is 1.69 bits per heavy atom. The van der Waals surface area contributed by atoms with Crippen LogP contribution in [0.3, 0.4) is 0 Å². The zero-order valence-corrected chi connectivity index (χ0v) is 15.7. The molecule has 1 N–H and O–H groups in total. The Balaban J connectivity index is 1.62. The standard InChI is InChI=1S/C21H23NO3S/c1-25-20(24)21(13-5-6-14-21)22-19(23)17-11-9-16(10-12-17)15-26-18-7-3-2-4-8-18/h2-4,7-12H,5-6,13-15H2,1H3,(H,22,23). The molecular weight excluding hydrogens is 346 g/mol. The van der Waals surface area contributed by atoms with Crippen LogP contribution in [0, 0.1) is 0 Å². The first-order valence-corrected chi connectivity index (χ1v) is 9.79. The van der Waals surface area contributed by atoms with Crippen LogP contribution in [-0.4, -0.2) is 24.5 Å². The maximum absolute atomic E-state index is 12.6. The van der Waals surface area contributed by atoms with Crippen molar-refractivity contribution in [1.82, 2.24) is 5.32 Å². The Morgan fingerprint density at radius 1 is 1.04 bits per heavy atom. The van der Waals surface area contributed by atoms with Crippen molar-refractivity contribution >= 4 is 23.6 Å². The predicted octanol–water partition coefficient (Wildman–Crippen LogP) is 4.19. The van der Waals surface area contributed by atoms with Crippen LogP contribution in [-0.2, 0) is 15.3 Å². The number of thioether (sulfide) groups is 1.